The molecule has 2 aliphatic heterocycles. The quantitative estimate of drug-likeness (QED) is 0.534. The second-order valence-corrected chi connectivity index (χ2v) is 8.17. The van der Waals surface area contributed by atoms with E-state index in [2.05, 4.69) is 51.0 Å². The van der Waals surface area contributed by atoms with Crippen molar-refractivity contribution in [3.63, 3.8) is 0 Å². The van der Waals surface area contributed by atoms with Crippen molar-refractivity contribution in [2.45, 2.75) is 18.9 Å². The van der Waals surface area contributed by atoms with Crippen molar-refractivity contribution in [3.8, 4) is 0 Å². The molecule has 2 bridgehead atoms. The fourth-order valence-corrected chi connectivity index (χ4v) is 4.42. The maximum Gasteiger partial charge on any atom is 0.250 e. The monoisotopic (exact) mass is 451 g/mol. The predicted molar refractivity (Wildman–Crippen MR) is 109 cm³/mol. The minimum Gasteiger partial charge on any atom is -0.348 e. The fraction of sp³-hybridized carbons (Fsp3) is 0.333. The second kappa shape index (κ2) is 6.48. The second-order valence-electron chi connectivity index (χ2n) is 6.54. The van der Waals surface area contributed by atoms with Gasteiger partial charge in [0.2, 0.25) is 0 Å². The van der Waals surface area contributed by atoms with Gasteiger partial charge in [-0.25, -0.2) is 0 Å². The first kappa shape index (κ1) is 16.1. The first-order chi connectivity index (χ1) is 11.6. The van der Waals surface area contributed by atoms with Gasteiger partial charge in [-0.2, -0.15) is 0 Å². The Balaban J connectivity index is 1.52. The Labute approximate surface area is 160 Å². The number of hydrogen-bond acceptors (Lipinski definition) is 2. The van der Waals surface area contributed by atoms with Gasteiger partial charge in [0.05, 0.1) is 0 Å². The van der Waals surface area contributed by atoms with Gasteiger partial charge in [0.1, 0.15) is 0 Å². The van der Waals surface area contributed by atoms with Crippen molar-refractivity contribution in [1.82, 2.24) is 9.47 Å². The van der Waals surface area contributed by atoms with Gasteiger partial charge in [0.15, 0.2) is 5.11 Å². The van der Waals surface area contributed by atoms with E-state index < -0.39 is 0 Å². The smallest absolute Gasteiger partial charge is 0.250 e. The number of anilines is 1. The van der Waals surface area contributed by atoms with Crippen LogP contribution in [-0.4, -0.2) is 27.7 Å². The van der Waals surface area contributed by atoms with Gasteiger partial charge in [-0.15, -0.1) is 0 Å². The fourth-order valence-electron chi connectivity index (χ4n) is 3.80. The number of pyridine rings is 1. The molecule has 2 atom stereocenters. The highest BCUT2D eigenvalue weighted by molar-refractivity contribution is 14.1. The van der Waals surface area contributed by atoms with Crippen LogP contribution in [0, 0.1) is 9.49 Å². The van der Waals surface area contributed by atoms with Crippen molar-refractivity contribution in [2.75, 3.05) is 18.4 Å². The molecule has 124 valence electrons. The first-order valence-electron chi connectivity index (χ1n) is 8.11. The van der Waals surface area contributed by atoms with Crippen LogP contribution in [0.1, 0.15) is 18.0 Å². The molecule has 0 amide bonds. The Morgan fingerprint density at radius 2 is 1.92 bits per heavy atom. The lowest BCUT2D eigenvalue weighted by Crippen LogP contribution is -2.50. The molecule has 1 saturated heterocycles. The molecular weight excluding hydrogens is 433 g/mol. The molecule has 1 aromatic carbocycles. The molecule has 24 heavy (non-hydrogen) atoms. The Hall–Kier alpha value is -1.41. The number of nitrogens with zero attached hydrogens (tertiary/aromatic N) is 2. The van der Waals surface area contributed by atoms with Crippen LogP contribution in [0.3, 0.4) is 0 Å². The zero-order valence-electron chi connectivity index (χ0n) is 13.1. The minimum atomic E-state index is 0.121. The standard InChI is InChI=1S/C18H18IN3OS/c19-14-4-6-15(7-5-14)20-18(24)21-9-12-8-13(11-21)16-2-1-3-17(23)22(16)10-12/h1-7,12-13H,8-11H2,(H,20,24)/t12-,13+/m0/s1. The van der Waals surface area contributed by atoms with Gasteiger partial charge < -0.3 is 14.8 Å². The molecule has 0 spiro atoms. The van der Waals surface area contributed by atoms with Crippen LogP contribution in [0.2, 0.25) is 0 Å². The van der Waals surface area contributed by atoms with Crippen LogP contribution in [-0.2, 0) is 6.54 Å². The molecule has 0 aliphatic carbocycles. The van der Waals surface area contributed by atoms with E-state index in [1.165, 1.54) is 3.57 Å². The molecule has 1 fully saturated rings. The largest absolute Gasteiger partial charge is 0.348 e. The topological polar surface area (TPSA) is 37.3 Å². The normalized spacial score (nSPS) is 22.0. The number of benzene rings is 1. The van der Waals surface area contributed by atoms with Crippen molar-refractivity contribution >= 4 is 45.6 Å². The summed E-state index contributed by atoms with van der Waals surface area (Å²) in [5.74, 6) is 0.857. The number of nitrogens with one attached hydrogen (secondary N) is 1. The predicted octanol–water partition coefficient (Wildman–Crippen LogP) is 3.27. The molecule has 0 radical (unpaired) electrons. The van der Waals surface area contributed by atoms with Crippen molar-refractivity contribution in [1.29, 1.82) is 0 Å². The summed E-state index contributed by atoms with van der Waals surface area (Å²) in [5, 5.41) is 4.12. The summed E-state index contributed by atoms with van der Waals surface area (Å²) in [7, 11) is 0. The summed E-state index contributed by atoms with van der Waals surface area (Å²) in [5.41, 5.74) is 2.29. The molecule has 0 unspecified atom stereocenters. The molecule has 1 aromatic heterocycles. The molecule has 6 heteroatoms. The van der Waals surface area contributed by atoms with E-state index in [0.29, 0.717) is 11.8 Å². The summed E-state index contributed by atoms with van der Waals surface area (Å²) >= 11 is 7.93. The van der Waals surface area contributed by atoms with Gasteiger partial charge in [-0.1, -0.05) is 6.07 Å². The van der Waals surface area contributed by atoms with E-state index in [9.17, 15) is 4.79 Å². The third kappa shape index (κ3) is 3.09. The lowest BCUT2D eigenvalue weighted by atomic mass is 9.83. The molecular formula is C18H18IN3OS. The molecule has 4 rings (SSSR count). The number of fused-ring (bicyclic) bond motifs is 4. The van der Waals surface area contributed by atoms with Crippen LogP contribution in [0.15, 0.2) is 47.3 Å². The Morgan fingerprint density at radius 1 is 1.12 bits per heavy atom. The molecule has 0 saturated carbocycles. The zero-order valence-corrected chi connectivity index (χ0v) is 16.1. The number of aromatic nitrogens is 1. The number of likely N-dealkylation sites (tertiary alicyclic amines) is 1. The van der Waals surface area contributed by atoms with Gasteiger partial charge in [0, 0.05) is 46.6 Å². The third-order valence-corrected chi connectivity index (χ3v) is 5.94. The van der Waals surface area contributed by atoms with Crippen LogP contribution in [0.25, 0.3) is 0 Å². The van der Waals surface area contributed by atoms with Gasteiger partial charge >= 0.3 is 0 Å². The molecule has 4 nitrogen and oxygen atoms in total. The lowest BCUT2D eigenvalue weighted by Gasteiger charge is -2.43. The van der Waals surface area contributed by atoms with Gasteiger partial charge in [-0.05, 0) is 77.5 Å². The van der Waals surface area contributed by atoms with E-state index in [1.807, 2.05) is 22.8 Å². The van der Waals surface area contributed by atoms with Gasteiger partial charge in [0.25, 0.3) is 5.56 Å². The summed E-state index contributed by atoms with van der Waals surface area (Å²) in [6.45, 7) is 2.58. The number of thiocarbonyl (C=S) groups is 1. The highest BCUT2D eigenvalue weighted by atomic mass is 127. The van der Waals surface area contributed by atoms with Crippen molar-refractivity contribution < 1.29 is 0 Å². The summed E-state index contributed by atoms with van der Waals surface area (Å²) < 4.78 is 3.16. The summed E-state index contributed by atoms with van der Waals surface area (Å²) in [4.78, 5) is 14.3. The Kier molecular flexibility index (Phi) is 4.34. The molecule has 3 heterocycles. The van der Waals surface area contributed by atoms with Crippen LogP contribution < -0.4 is 10.9 Å². The number of piperidine rings is 1. The minimum absolute atomic E-state index is 0.121. The summed E-state index contributed by atoms with van der Waals surface area (Å²) in [6, 6.07) is 13.8. The average Bonchev–Trinajstić information content (AvgIpc) is 2.58. The average molecular weight is 451 g/mol. The van der Waals surface area contributed by atoms with Crippen molar-refractivity contribution in [2.24, 2.45) is 5.92 Å². The van der Waals surface area contributed by atoms with E-state index in [1.54, 1.807) is 6.07 Å². The lowest BCUT2D eigenvalue weighted by molar-refractivity contribution is 0.180. The van der Waals surface area contributed by atoms with E-state index in [-0.39, 0.29) is 5.56 Å². The maximum absolute atomic E-state index is 12.1. The van der Waals surface area contributed by atoms with E-state index in [4.69, 9.17) is 12.2 Å². The van der Waals surface area contributed by atoms with Crippen LogP contribution >= 0.6 is 34.8 Å². The van der Waals surface area contributed by atoms with Crippen LogP contribution in [0.5, 0.6) is 0 Å². The molecule has 1 N–H and O–H groups in total. The Bertz CT molecular complexity index is 833. The van der Waals surface area contributed by atoms with Gasteiger partial charge in [-0.3, -0.25) is 4.79 Å². The van der Waals surface area contributed by atoms with Crippen LogP contribution in [0.4, 0.5) is 5.69 Å². The third-order valence-electron chi connectivity index (χ3n) is 4.86. The maximum atomic E-state index is 12.1. The zero-order chi connectivity index (χ0) is 16.7. The van der Waals surface area contributed by atoms with E-state index in [0.717, 1.165) is 42.5 Å². The van der Waals surface area contributed by atoms with E-state index >= 15 is 0 Å². The highest BCUT2D eigenvalue weighted by Crippen LogP contribution is 2.35. The number of halogens is 1. The molecule has 2 aliphatic rings. The summed E-state index contributed by atoms with van der Waals surface area (Å²) in [6.07, 6.45) is 1.14. The number of hydrogen-bond donors (Lipinski definition) is 1. The Morgan fingerprint density at radius 3 is 2.71 bits per heavy atom. The number of rotatable bonds is 1. The highest BCUT2D eigenvalue weighted by Gasteiger charge is 2.35. The van der Waals surface area contributed by atoms with Crippen molar-refractivity contribution in [3.05, 3.63) is 62.1 Å². The first-order valence-corrected chi connectivity index (χ1v) is 9.60. The molecule has 2 aromatic rings. The SMILES string of the molecule is O=c1cccc2n1C[C@H]1C[C@@H]2CN(C(=S)Nc2ccc(I)cc2)C1.